The standard InChI is InChI=1S/C11H23NO2.C8H19N.C3H4O2/c1-3-5-8-12(9-6-4-2)10-7-11(13)14;1-3-5-7-9-8-6-4-2;1-2-3(4)5/h3-10H2,1-2H3,(H,13,14);9H,3-8H2,1-2H3;2H,1H2,(H,4,5). The summed E-state index contributed by atoms with van der Waals surface area (Å²) in [6.07, 6.45) is 11.1. The highest BCUT2D eigenvalue weighted by Gasteiger charge is 2.05. The van der Waals surface area contributed by atoms with E-state index in [1.165, 1.54) is 64.5 Å². The van der Waals surface area contributed by atoms with Crippen LogP contribution in [-0.4, -0.2) is 59.8 Å². The molecule has 3 N–H and O–H groups in total. The first-order chi connectivity index (χ1) is 13.4. The van der Waals surface area contributed by atoms with Crippen molar-refractivity contribution in [2.24, 2.45) is 0 Å². The number of carboxylic acids is 2. The molecule has 0 fully saturated rings. The third-order valence-corrected chi connectivity index (χ3v) is 3.89. The van der Waals surface area contributed by atoms with Crippen LogP contribution in [0.1, 0.15) is 85.5 Å². The molecule has 0 unspecified atom stereocenters. The first kappa shape index (κ1) is 31.3. The van der Waals surface area contributed by atoms with Crippen LogP contribution in [0.25, 0.3) is 0 Å². The Hall–Kier alpha value is -1.40. The van der Waals surface area contributed by atoms with Gasteiger partial charge >= 0.3 is 11.9 Å². The van der Waals surface area contributed by atoms with Crippen LogP contribution in [0.15, 0.2) is 12.7 Å². The molecule has 0 saturated heterocycles. The SMILES string of the molecule is C=CC(=O)O.CCCCN(CCCC)CCC(=O)O.CCCCNCCCC. The molecule has 0 radical (unpaired) electrons. The van der Waals surface area contributed by atoms with Crippen molar-refractivity contribution in [3.8, 4) is 0 Å². The van der Waals surface area contributed by atoms with E-state index in [1.54, 1.807) is 0 Å². The van der Waals surface area contributed by atoms with E-state index in [0.717, 1.165) is 19.2 Å². The topological polar surface area (TPSA) is 89.9 Å². The normalized spacial score (nSPS) is 9.75. The second-order valence-electron chi connectivity index (χ2n) is 6.69. The van der Waals surface area contributed by atoms with Crippen molar-refractivity contribution in [3.63, 3.8) is 0 Å². The van der Waals surface area contributed by atoms with Gasteiger partial charge in [0.15, 0.2) is 0 Å². The van der Waals surface area contributed by atoms with Crippen molar-refractivity contribution in [3.05, 3.63) is 12.7 Å². The molecule has 0 saturated carbocycles. The Balaban J connectivity index is -0.000000381. The minimum Gasteiger partial charge on any atom is -0.481 e. The maximum atomic E-state index is 10.4. The number of rotatable bonds is 16. The molecule has 0 aliphatic heterocycles. The van der Waals surface area contributed by atoms with E-state index in [2.05, 4.69) is 44.5 Å². The average molecular weight is 403 g/mol. The van der Waals surface area contributed by atoms with Gasteiger partial charge in [-0.2, -0.15) is 0 Å². The fraction of sp³-hybridized carbons (Fsp3) is 0.818. The van der Waals surface area contributed by atoms with E-state index < -0.39 is 11.9 Å². The van der Waals surface area contributed by atoms with Gasteiger partial charge in [-0.3, -0.25) is 4.79 Å². The maximum Gasteiger partial charge on any atom is 0.327 e. The van der Waals surface area contributed by atoms with Gasteiger partial charge in [0.05, 0.1) is 6.42 Å². The minimum atomic E-state index is -0.981. The molecule has 0 spiro atoms. The maximum absolute atomic E-state index is 10.4. The van der Waals surface area contributed by atoms with Gasteiger partial charge in [0.1, 0.15) is 0 Å². The number of unbranched alkanes of at least 4 members (excludes halogenated alkanes) is 4. The summed E-state index contributed by atoms with van der Waals surface area (Å²) in [6.45, 7) is 16.9. The van der Waals surface area contributed by atoms with Crippen molar-refractivity contribution in [1.82, 2.24) is 10.2 Å². The van der Waals surface area contributed by atoms with Crippen LogP contribution in [-0.2, 0) is 9.59 Å². The smallest absolute Gasteiger partial charge is 0.327 e. The van der Waals surface area contributed by atoms with E-state index in [-0.39, 0.29) is 6.42 Å². The van der Waals surface area contributed by atoms with Gasteiger partial charge < -0.3 is 20.4 Å². The molecule has 0 bridgehead atoms. The van der Waals surface area contributed by atoms with E-state index in [9.17, 15) is 9.59 Å². The van der Waals surface area contributed by atoms with Crippen LogP contribution >= 0.6 is 0 Å². The lowest BCUT2D eigenvalue weighted by atomic mass is 10.2. The summed E-state index contributed by atoms with van der Waals surface area (Å²) in [5.74, 6) is -1.67. The van der Waals surface area contributed by atoms with Crippen molar-refractivity contribution in [2.45, 2.75) is 85.5 Å². The highest BCUT2D eigenvalue weighted by Crippen LogP contribution is 2.00. The lowest BCUT2D eigenvalue weighted by Crippen LogP contribution is -2.28. The molecule has 28 heavy (non-hydrogen) atoms. The fourth-order valence-corrected chi connectivity index (χ4v) is 2.08. The molecule has 0 heterocycles. The Morgan fingerprint density at radius 3 is 1.50 bits per heavy atom. The first-order valence-electron chi connectivity index (χ1n) is 10.9. The summed E-state index contributed by atoms with van der Waals surface area (Å²) < 4.78 is 0. The van der Waals surface area contributed by atoms with Gasteiger partial charge in [-0.25, -0.2) is 4.79 Å². The summed E-state index contributed by atoms with van der Waals surface area (Å²) in [7, 11) is 0. The van der Waals surface area contributed by atoms with Gasteiger partial charge in [0.2, 0.25) is 0 Å². The van der Waals surface area contributed by atoms with Gasteiger partial charge in [0, 0.05) is 12.6 Å². The van der Waals surface area contributed by atoms with Gasteiger partial charge in [0.25, 0.3) is 0 Å². The number of aliphatic carboxylic acids is 2. The molecule has 0 aromatic carbocycles. The second-order valence-corrected chi connectivity index (χ2v) is 6.69. The molecular formula is C22H46N2O4. The number of hydrogen-bond acceptors (Lipinski definition) is 4. The van der Waals surface area contributed by atoms with E-state index in [4.69, 9.17) is 10.2 Å². The molecule has 6 heteroatoms. The average Bonchev–Trinajstić information content (AvgIpc) is 2.68. The zero-order valence-electron chi connectivity index (χ0n) is 18.8. The lowest BCUT2D eigenvalue weighted by Gasteiger charge is -2.20. The fourth-order valence-electron chi connectivity index (χ4n) is 2.08. The summed E-state index contributed by atoms with van der Waals surface area (Å²) in [5.41, 5.74) is 0. The lowest BCUT2D eigenvalue weighted by molar-refractivity contribution is -0.137. The number of nitrogens with one attached hydrogen (secondary N) is 1. The summed E-state index contributed by atoms with van der Waals surface area (Å²) >= 11 is 0. The van der Waals surface area contributed by atoms with Crippen molar-refractivity contribution < 1.29 is 19.8 Å². The Kier molecular flexibility index (Phi) is 31.1. The van der Waals surface area contributed by atoms with E-state index in [1.807, 2.05) is 0 Å². The van der Waals surface area contributed by atoms with Crippen LogP contribution in [0, 0.1) is 0 Å². The minimum absolute atomic E-state index is 0.271. The molecule has 0 atom stereocenters. The molecular weight excluding hydrogens is 356 g/mol. The third kappa shape index (κ3) is 35.7. The molecule has 168 valence electrons. The predicted octanol–water partition coefficient (Wildman–Crippen LogP) is 4.80. The Morgan fingerprint density at radius 2 is 1.21 bits per heavy atom. The van der Waals surface area contributed by atoms with Crippen LogP contribution in [0.2, 0.25) is 0 Å². The highest BCUT2D eigenvalue weighted by atomic mass is 16.4. The number of hydrogen-bond donors (Lipinski definition) is 3. The molecule has 0 aromatic rings. The van der Waals surface area contributed by atoms with Gasteiger partial charge in [-0.05, 0) is 51.9 Å². The first-order valence-corrected chi connectivity index (χ1v) is 10.9. The van der Waals surface area contributed by atoms with Crippen molar-refractivity contribution in [1.29, 1.82) is 0 Å². The zero-order valence-corrected chi connectivity index (χ0v) is 18.8. The summed E-state index contributed by atoms with van der Waals surface area (Å²) in [4.78, 5) is 21.9. The van der Waals surface area contributed by atoms with Gasteiger partial charge in [-0.15, -0.1) is 0 Å². The predicted molar refractivity (Wildman–Crippen MR) is 119 cm³/mol. The van der Waals surface area contributed by atoms with Crippen LogP contribution in [0.4, 0.5) is 0 Å². The van der Waals surface area contributed by atoms with Crippen LogP contribution in [0.3, 0.4) is 0 Å². The van der Waals surface area contributed by atoms with Crippen LogP contribution < -0.4 is 5.32 Å². The van der Waals surface area contributed by atoms with Crippen molar-refractivity contribution >= 4 is 11.9 Å². The summed E-state index contributed by atoms with van der Waals surface area (Å²) in [6, 6.07) is 0. The molecule has 0 rings (SSSR count). The van der Waals surface area contributed by atoms with Crippen LogP contribution in [0.5, 0.6) is 0 Å². The molecule has 0 amide bonds. The number of carbonyl (C=O) groups is 2. The van der Waals surface area contributed by atoms with E-state index in [0.29, 0.717) is 6.54 Å². The largest absolute Gasteiger partial charge is 0.481 e. The monoisotopic (exact) mass is 402 g/mol. The third-order valence-electron chi connectivity index (χ3n) is 3.89. The molecule has 0 aliphatic carbocycles. The molecule has 6 nitrogen and oxygen atoms in total. The second kappa shape index (κ2) is 27.8. The number of carboxylic acid groups (broad SMARTS) is 2. The Morgan fingerprint density at radius 1 is 0.821 bits per heavy atom. The van der Waals surface area contributed by atoms with E-state index >= 15 is 0 Å². The Labute approximate surface area is 173 Å². The zero-order chi connectivity index (χ0) is 22.0. The van der Waals surface area contributed by atoms with Gasteiger partial charge in [-0.1, -0.05) is 60.0 Å². The molecule has 0 aliphatic rings. The quantitative estimate of drug-likeness (QED) is 0.254. The Bertz CT molecular complexity index is 335. The summed E-state index contributed by atoms with van der Waals surface area (Å²) in [5, 5.41) is 19.6. The molecule has 0 aromatic heterocycles. The highest BCUT2D eigenvalue weighted by molar-refractivity contribution is 5.78. The number of nitrogens with zero attached hydrogens (tertiary/aromatic N) is 1. The van der Waals surface area contributed by atoms with Crippen molar-refractivity contribution in [2.75, 3.05) is 32.7 Å².